The largest absolute Gasteiger partial charge is 0.495 e. The van der Waals surface area contributed by atoms with Gasteiger partial charge in [-0.15, -0.1) is 0 Å². The van der Waals surface area contributed by atoms with Crippen molar-refractivity contribution < 1.29 is 13.9 Å². The van der Waals surface area contributed by atoms with E-state index in [-0.39, 0.29) is 11.6 Å². The first-order valence-electron chi connectivity index (χ1n) is 5.73. The molecule has 1 heterocycles. The second-order valence-electron chi connectivity index (χ2n) is 3.74. The van der Waals surface area contributed by atoms with Gasteiger partial charge in [-0.3, -0.25) is 4.79 Å². The maximum atomic E-state index is 11.8. The van der Waals surface area contributed by atoms with Crippen LogP contribution < -0.4 is 10.1 Å². The summed E-state index contributed by atoms with van der Waals surface area (Å²) in [6, 6.07) is 5.14. The monoisotopic (exact) mass is 279 g/mol. The highest BCUT2D eigenvalue weighted by molar-refractivity contribution is 6.32. The maximum Gasteiger partial charge on any atom is 0.273 e. The lowest BCUT2D eigenvalue weighted by molar-refractivity contribution is 0.0951. The predicted molar refractivity (Wildman–Crippen MR) is 71.5 cm³/mol. The van der Waals surface area contributed by atoms with Crippen LogP contribution in [0.25, 0.3) is 11.3 Å². The van der Waals surface area contributed by atoms with E-state index in [0.717, 1.165) is 0 Å². The number of carbonyl (C=O) groups is 1. The van der Waals surface area contributed by atoms with Gasteiger partial charge in [-0.05, 0) is 25.1 Å². The summed E-state index contributed by atoms with van der Waals surface area (Å²) in [5.74, 6) is 0.665. The fourth-order valence-electron chi connectivity index (χ4n) is 1.66. The zero-order valence-corrected chi connectivity index (χ0v) is 11.3. The van der Waals surface area contributed by atoms with Crippen LogP contribution in [0.3, 0.4) is 0 Å². The van der Waals surface area contributed by atoms with Gasteiger partial charge in [-0.1, -0.05) is 11.6 Å². The van der Waals surface area contributed by atoms with Gasteiger partial charge in [-0.25, -0.2) is 4.98 Å². The summed E-state index contributed by atoms with van der Waals surface area (Å²) < 4.78 is 10.4. The highest BCUT2D eigenvalue weighted by atomic mass is 35.5. The number of methoxy groups -OCH3 is 1. The molecule has 5 nitrogen and oxygen atoms in total. The molecule has 0 bridgehead atoms. The van der Waals surface area contributed by atoms with Gasteiger partial charge in [0.05, 0.1) is 12.1 Å². The van der Waals surface area contributed by atoms with E-state index >= 15 is 0 Å². The predicted octanol–water partition coefficient (Wildman–Crippen LogP) is 2.75. The molecule has 0 fully saturated rings. The summed E-state index contributed by atoms with van der Waals surface area (Å²) >= 11 is 6.05. The third-order valence-electron chi connectivity index (χ3n) is 2.53. The molecular weight excluding hydrogens is 267 g/mol. The van der Waals surface area contributed by atoms with E-state index in [1.54, 1.807) is 18.2 Å². The number of nitrogens with zero attached hydrogens (tertiary/aromatic N) is 1. The number of nitrogens with one attached hydrogen (secondary N) is 1. The molecule has 0 radical (unpaired) electrons. The molecule has 2 aromatic rings. The van der Waals surface area contributed by atoms with Crippen LogP contribution in [-0.2, 0) is 0 Å². The number of aromatic nitrogens is 1. The van der Waals surface area contributed by atoms with Crippen LogP contribution in [0.4, 0.5) is 0 Å². The van der Waals surface area contributed by atoms with E-state index in [1.165, 1.54) is 13.5 Å². The van der Waals surface area contributed by atoms with E-state index in [0.29, 0.717) is 28.6 Å². The van der Waals surface area contributed by atoms with Gasteiger partial charge < -0.3 is 14.5 Å². The minimum atomic E-state index is -0.279. The first kappa shape index (κ1) is 13.4. The van der Waals surface area contributed by atoms with Crippen molar-refractivity contribution in [1.82, 2.24) is 10.3 Å². The Labute approximate surface area is 115 Å². The first-order valence-corrected chi connectivity index (χ1v) is 6.10. The van der Waals surface area contributed by atoms with Gasteiger partial charge in [0.1, 0.15) is 5.75 Å². The Morgan fingerprint density at radius 3 is 2.95 bits per heavy atom. The molecule has 1 aromatic carbocycles. The van der Waals surface area contributed by atoms with Crippen LogP contribution in [0.5, 0.6) is 5.75 Å². The molecule has 1 amide bonds. The van der Waals surface area contributed by atoms with E-state index in [4.69, 9.17) is 20.8 Å². The number of amides is 1. The van der Waals surface area contributed by atoms with Gasteiger partial charge in [-0.2, -0.15) is 0 Å². The van der Waals surface area contributed by atoms with Gasteiger partial charge in [0.2, 0.25) is 0 Å². The third-order valence-corrected chi connectivity index (χ3v) is 2.83. The molecule has 6 heteroatoms. The Balaban J connectivity index is 2.40. The Morgan fingerprint density at radius 2 is 2.32 bits per heavy atom. The quantitative estimate of drug-likeness (QED) is 0.935. The zero-order chi connectivity index (χ0) is 13.8. The molecule has 100 valence electrons. The zero-order valence-electron chi connectivity index (χ0n) is 10.6. The minimum absolute atomic E-state index is 0.239. The van der Waals surface area contributed by atoms with Crippen molar-refractivity contribution in [2.45, 2.75) is 6.92 Å². The maximum absolute atomic E-state index is 11.8. The van der Waals surface area contributed by atoms with Crippen molar-refractivity contribution in [3.63, 3.8) is 0 Å². The Bertz CT molecular complexity index is 595. The number of rotatable bonds is 4. The van der Waals surface area contributed by atoms with Crippen molar-refractivity contribution in [1.29, 1.82) is 0 Å². The lowest BCUT2D eigenvalue weighted by Gasteiger charge is -2.05. The van der Waals surface area contributed by atoms with Gasteiger partial charge >= 0.3 is 0 Å². The van der Waals surface area contributed by atoms with Crippen LogP contribution in [0, 0.1) is 0 Å². The number of hydrogen-bond acceptors (Lipinski definition) is 4. The summed E-state index contributed by atoms with van der Waals surface area (Å²) in [5, 5.41) is 3.12. The van der Waals surface area contributed by atoms with Gasteiger partial charge in [0.15, 0.2) is 17.8 Å². The van der Waals surface area contributed by atoms with Crippen LogP contribution >= 0.6 is 11.6 Å². The first-order chi connectivity index (χ1) is 9.17. The summed E-state index contributed by atoms with van der Waals surface area (Å²) in [6.45, 7) is 2.36. The van der Waals surface area contributed by atoms with E-state index in [1.807, 2.05) is 6.92 Å². The Kier molecular flexibility index (Phi) is 4.06. The van der Waals surface area contributed by atoms with Crippen molar-refractivity contribution >= 4 is 17.5 Å². The third kappa shape index (κ3) is 2.71. The van der Waals surface area contributed by atoms with Gasteiger partial charge in [0.25, 0.3) is 5.91 Å². The fourth-order valence-corrected chi connectivity index (χ4v) is 1.92. The van der Waals surface area contributed by atoms with Crippen molar-refractivity contribution in [3.8, 4) is 17.1 Å². The molecule has 0 aliphatic heterocycles. The van der Waals surface area contributed by atoms with Crippen LogP contribution in [0.15, 0.2) is 29.0 Å². The average molecular weight is 280 g/mol. The number of carbonyl (C=O) groups excluding carboxylic acids is 1. The average Bonchev–Trinajstić information content (AvgIpc) is 2.88. The molecule has 0 atom stereocenters. The van der Waals surface area contributed by atoms with Crippen molar-refractivity contribution in [3.05, 3.63) is 35.3 Å². The van der Waals surface area contributed by atoms with E-state index in [9.17, 15) is 4.79 Å². The smallest absolute Gasteiger partial charge is 0.273 e. The molecule has 0 saturated carbocycles. The normalized spacial score (nSPS) is 10.3. The second kappa shape index (κ2) is 5.75. The molecule has 0 unspecified atom stereocenters. The highest BCUT2D eigenvalue weighted by Crippen LogP contribution is 2.31. The van der Waals surface area contributed by atoms with Crippen molar-refractivity contribution in [2.24, 2.45) is 0 Å². The molecule has 1 N–H and O–H groups in total. The molecule has 1 aromatic heterocycles. The number of oxazole rings is 1. The topological polar surface area (TPSA) is 64.4 Å². The SMILES string of the molecule is CCN[11C](=O)c1ncoc1-c1ccc(OC)c(Cl)c1. The number of halogens is 1. The second-order valence-corrected chi connectivity index (χ2v) is 4.15. The molecule has 0 spiro atoms. The highest BCUT2D eigenvalue weighted by Gasteiger charge is 2.18. The van der Waals surface area contributed by atoms with Gasteiger partial charge in [0, 0.05) is 12.1 Å². The van der Waals surface area contributed by atoms with Crippen LogP contribution in [-0.4, -0.2) is 24.5 Å². The molecule has 2 rings (SSSR count). The summed E-state index contributed by atoms with van der Waals surface area (Å²) in [6.07, 6.45) is 1.23. The number of hydrogen-bond donors (Lipinski definition) is 1. The fraction of sp³-hybridized carbons (Fsp3) is 0.231. The molecule has 19 heavy (non-hydrogen) atoms. The van der Waals surface area contributed by atoms with Crippen LogP contribution in [0.2, 0.25) is 5.02 Å². The van der Waals surface area contributed by atoms with Crippen LogP contribution in [0.1, 0.15) is 17.4 Å². The Hall–Kier alpha value is -2.01. The van der Waals surface area contributed by atoms with E-state index in [2.05, 4.69) is 10.3 Å². The standard InChI is InChI=1S/C13H13ClN2O3/c1-3-15-13(17)11-12(19-7-16-11)8-4-5-10(18-2)9(14)6-8/h4-7H,3H2,1-2H3,(H,15,17)/i13-1. The lowest BCUT2D eigenvalue weighted by atomic mass is 9.92. The Morgan fingerprint density at radius 1 is 1.53 bits per heavy atom. The number of ether oxygens (including phenoxy) is 1. The minimum Gasteiger partial charge on any atom is -0.495 e. The number of benzene rings is 1. The summed E-state index contributed by atoms with van der Waals surface area (Å²) in [5.41, 5.74) is 0.910. The lowest BCUT2D eigenvalue weighted by Crippen LogP contribution is -2.23. The van der Waals surface area contributed by atoms with Crippen molar-refractivity contribution in [2.75, 3.05) is 13.7 Å². The molecular formula is C13H13ClN2O3. The summed E-state index contributed by atoms with van der Waals surface area (Å²) in [7, 11) is 1.54. The molecule has 0 aliphatic carbocycles. The summed E-state index contributed by atoms with van der Waals surface area (Å²) in [4.78, 5) is 15.7. The molecule has 0 aliphatic rings. The molecule has 0 saturated heterocycles. The van der Waals surface area contributed by atoms with E-state index < -0.39 is 0 Å².